The van der Waals surface area contributed by atoms with Crippen LogP contribution < -0.4 is 5.73 Å². The minimum Gasteiger partial charge on any atom is -0.366 e. The summed E-state index contributed by atoms with van der Waals surface area (Å²) in [5.41, 5.74) is 8.78. The molecule has 20 heavy (non-hydrogen) atoms. The van der Waals surface area contributed by atoms with Gasteiger partial charge in [0.2, 0.25) is 5.95 Å². The molecule has 2 aromatic heterocycles. The van der Waals surface area contributed by atoms with Crippen LogP contribution in [-0.2, 0) is 5.41 Å². The lowest BCUT2D eigenvalue weighted by molar-refractivity contribution is 0.590. The molecule has 2 heterocycles. The van der Waals surface area contributed by atoms with Crippen LogP contribution in [0, 0.1) is 0 Å². The summed E-state index contributed by atoms with van der Waals surface area (Å²) >= 11 is 0. The molecule has 0 aliphatic heterocycles. The third-order valence-corrected chi connectivity index (χ3v) is 3.21. The van der Waals surface area contributed by atoms with E-state index in [1.165, 1.54) is 10.1 Å². The van der Waals surface area contributed by atoms with E-state index >= 15 is 0 Å². The molecule has 6 nitrogen and oxygen atoms in total. The molecule has 0 unspecified atom stereocenters. The SMILES string of the molecule is CC(C)(C)c1ccc(-c2cnn3c(N)nnc3n2)cc1. The van der Waals surface area contributed by atoms with E-state index in [1.807, 2.05) is 12.1 Å². The van der Waals surface area contributed by atoms with E-state index in [1.54, 1.807) is 6.20 Å². The molecule has 3 aromatic rings. The zero-order valence-electron chi connectivity index (χ0n) is 11.7. The first kappa shape index (κ1) is 12.5. The van der Waals surface area contributed by atoms with E-state index in [0.29, 0.717) is 5.78 Å². The van der Waals surface area contributed by atoms with Crippen LogP contribution >= 0.6 is 0 Å². The van der Waals surface area contributed by atoms with Gasteiger partial charge in [-0.3, -0.25) is 0 Å². The molecular weight excluding hydrogens is 252 g/mol. The quantitative estimate of drug-likeness (QED) is 0.730. The van der Waals surface area contributed by atoms with Crippen molar-refractivity contribution in [3.8, 4) is 11.3 Å². The summed E-state index contributed by atoms with van der Waals surface area (Å²) in [6, 6.07) is 8.31. The Balaban J connectivity index is 2.02. The molecule has 0 radical (unpaired) electrons. The van der Waals surface area contributed by atoms with Crippen LogP contribution in [0.4, 0.5) is 5.95 Å². The molecule has 6 heteroatoms. The lowest BCUT2D eigenvalue weighted by atomic mass is 9.86. The van der Waals surface area contributed by atoms with Gasteiger partial charge >= 0.3 is 0 Å². The minimum atomic E-state index is 0.135. The van der Waals surface area contributed by atoms with Crippen molar-refractivity contribution in [2.75, 3.05) is 5.73 Å². The second kappa shape index (κ2) is 4.26. The Kier molecular flexibility index (Phi) is 2.67. The van der Waals surface area contributed by atoms with Crippen LogP contribution in [0.3, 0.4) is 0 Å². The predicted molar refractivity (Wildman–Crippen MR) is 77.1 cm³/mol. The standard InChI is InChI=1S/C14H16N6/c1-14(2,3)10-6-4-9(5-7-10)11-8-16-20-12(15)18-19-13(20)17-11/h4-8H,1-3H3,(H2,15,18). The van der Waals surface area contributed by atoms with E-state index in [0.717, 1.165) is 11.3 Å². The number of benzene rings is 1. The average Bonchev–Trinajstić information content (AvgIpc) is 2.79. The summed E-state index contributed by atoms with van der Waals surface area (Å²) in [6.45, 7) is 6.56. The Morgan fingerprint density at radius 2 is 1.75 bits per heavy atom. The largest absolute Gasteiger partial charge is 0.366 e. The average molecular weight is 268 g/mol. The molecule has 0 fully saturated rings. The maximum atomic E-state index is 5.62. The fraction of sp³-hybridized carbons (Fsp3) is 0.286. The van der Waals surface area contributed by atoms with E-state index in [-0.39, 0.29) is 11.4 Å². The molecule has 1 aromatic carbocycles. The lowest BCUT2D eigenvalue weighted by Crippen LogP contribution is -2.10. The number of hydrogen-bond donors (Lipinski definition) is 1. The maximum Gasteiger partial charge on any atom is 0.274 e. The van der Waals surface area contributed by atoms with Gasteiger partial charge in [0, 0.05) is 5.56 Å². The van der Waals surface area contributed by atoms with Gasteiger partial charge in [-0.2, -0.15) is 9.61 Å². The Labute approximate surface area is 116 Å². The molecule has 0 saturated heterocycles. The number of nitrogens with two attached hydrogens (primary N) is 1. The highest BCUT2D eigenvalue weighted by molar-refractivity contribution is 5.60. The van der Waals surface area contributed by atoms with Crippen molar-refractivity contribution in [2.24, 2.45) is 0 Å². The normalized spacial score (nSPS) is 11.9. The number of rotatable bonds is 1. The topological polar surface area (TPSA) is 82.0 Å². The smallest absolute Gasteiger partial charge is 0.274 e. The Morgan fingerprint density at radius 3 is 2.40 bits per heavy atom. The first-order chi connectivity index (χ1) is 9.45. The maximum absolute atomic E-state index is 5.62. The van der Waals surface area contributed by atoms with Gasteiger partial charge in [0.1, 0.15) is 0 Å². The number of nitrogens with zero attached hydrogens (tertiary/aromatic N) is 5. The highest BCUT2D eigenvalue weighted by Gasteiger charge is 2.13. The number of fused-ring (bicyclic) bond motifs is 1. The van der Waals surface area contributed by atoms with Crippen molar-refractivity contribution < 1.29 is 0 Å². The van der Waals surface area contributed by atoms with E-state index < -0.39 is 0 Å². The van der Waals surface area contributed by atoms with Crippen molar-refractivity contribution in [3.05, 3.63) is 36.0 Å². The first-order valence-electron chi connectivity index (χ1n) is 6.40. The number of aromatic nitrogens is 5. The Morgan fingerprint density at radius 1 is 1.05 bits per heavy atom. The summed E-state index contributed by atoms with van der Waals surface area (Å²) in [7, 11) is 0. The molecule has 0 aliphatic carbocycles. The van der Waals surface area contributed by atoms with Crippen molar-refractivity contribution in [1.29, 1.82) is 0 Å². The lowest BCUT2D eigenvalue weighted by Gasteiger charge is -2.19. The molecule has 2 N–H and O–H groups in total. The minimum absolute atomic E-state index is 0.135. The van der Waals surface area contributed by atoms with Crippen molar-refractivity contribution in [3.63, 3.8) is 0 Å². The zero-order valence-corrected chi connectivity index (χ0v) is 11.7. The van der Waals surface area contributed by atoms with E-state index in [2.05, 4.69) is 53.2 Å². The fourth-order valence-corrected chi connectivity index (χ4v) is 1.99. The highest BCUT2D eigenvalue weighted by Crippen LogP contribution is 2.25. The van der Waals surface area contributed by atoms with Crippen LogP contribution in [0.2, 0.25) is 0 Å². The molecule has 3 rings (SSSR count). The molecule has 0 bridgehead atoms. The zero-order chi connectivity index (χ0) is 14.3. The molecular formula is C14H16N6. The second-order valence-electron chi connectivity index (χ2n) is 5.74. The third kappa shape index (κ3) is 2.09. The Hall–Kier alpha value is -2.50. The molecule has 0 amide bonds. The third-order valence-electron chi connectivity index (χ3n) is 3.21. The summed E-state index contributed by atoms with van der Waals surface area (Å²) in [5.74, 6) is 0.641. The van der Waals surface area contributed by atoms with Crippen molar-refractivity contribution >= 4 is 11.7 Å². The molecule has 102 valence electrons. The first-order valence-corrected chi connectivity index (χ1v) is 6.40. The van der Waals surface area contributed by atoms with E-state index in [9.17, 15) is 0 Å². The number of hydrogen-bond acceptors (Lipinski definition) is 5. The monoisotopic (exact) mass is 268 g/mol. The second-order valence-corrected chi connectivity index (χ2v) is 5.74. The van der Waals surface area contributed by atoms with Crippen LogP contribution in [0.5, 0.6) is 0 Å². The van der Waals surface area contributed by atoms with Gasteiger partial charge < -0.3 is 5.73 Å². The predicted octanol–water partition coefficient (Wildman–Crippen LogP) is 2.07. The van der Waals surface area contributed by atoms with Gasteiger partial charge in [-0.05, 0) is 11.0 Å². The summed E-state index contributed by atoms with van der Waals surface area (Å²) < 4.78 is 1.41. The summed E-state index contributed by atoms with van der Waals surface area (Å²) in [5, 5.41) is 11.8. The summed E-state index contributed by atoms with van der Waals surface area (Å²) in [4.78, 5) is 4.40. The van der Waals surface area contributed by atoms with Gasteiger partial charge in [-0.1, -0.05) is 45.0 Å². The Bertz CT molecular complexity index is 751. The highest BCUT2D eigenvalue weighted by atomic mass is 15.4. The van der Waals surface area contributed by atoms with Crippen molar-refractivity contribution in [1.82, 2.24) is 24.8 Å². The van der Waals surface area contributed by atoms with Crippen molar-refractivity contribution in [2.45, 2.75) is 26.2 Å². The molecule has 0 aliphatic rings. The van der Waals surface area contributed by atoms with E-state index in [4.69, 9.17) is 5.73 Å². The van der Waals surface area contributed by atoms with Crippen LogP contribution in [-0.4, -0.2) is 24.8 Å². The van der Waals surface area contributed by atoms with Gasteiger partial charge in [-0.15, -0.1) is 10.2 Å². The van der Waals surface area contributed by atoms with Crippen LogP contribution in [0.1, 0.15) is 26.3 Å². The number of nitrogen functional groups attached to an aromatic ring is 1. The van der Waals surface area contributed by atoms with Crippen LogP contribution in [0.15, 0.2) is 30.5 Å². The van der Waals surface area contributed by atoms with Gasteiger partial charge in [0.25, 0.3) is 5.78 Å². The molecule has 0 spiro atoms. The fourth-order valence-electron chi connectivity index (χ4n) is 1.99. The molecule has 0 saturated carbocycles. The van der Waals surface area contributed by atoms with Gasteiger partial charge in [0.05, 0.1) is 11.9 Å². The van der Waals surface area contributed by atoms with Gasteiger partial charge in [-0.25, -0.2) is 4.98 Å². The van der Waals surface area contributed by atoms with Crippen LogP contribution in [0.25, 0.3) is 17.0 Å². The molecule has 0 atom stereocenters. The van der Waals surface area contributed by atoms with Gasteiger partial charge in [0.15, 0.2) is 0 Å². The number of anilines is 1. The summed E-state index contributed by atoms with van der Waals surface area (Å²) in [6.07, 6.45) is 1.67.